The molecule has 5 heteroatoms. The molecule has 160 valence electrons. The molecule has 4 nitrogen and oxygen atoms in total. The number of hydrogen-bond donors (Lipinski definition) is 2. The van der Waals surface area contributed by atoms with E-state index in [9.17, 15) is 18.6 Å². The molecule has 0 heterocycles. The Labute approximate surface area is 175 Å². The van der Waals surface area contributed by atoms with Crippen LogP contribution in [0.1, 0.15) is 52.4 Å². The minimum atomic E-state index is -3.52. The third-order valence-electron chi connectivity index (χ3n) is 6.68. The van der Waals surface area contributed by atoms with Crippen molar-refractivity contribution in [1.82, 2.24) is 0 Å². The molecule has 2 fully saturated rings. The topological polar surface area (TPSA) is 74.6 Å². The summed E-state index contributed by atoms with van der Waals surface area (Å²) in [6.07, 6.45) is 7.83. The highest BCUT2D eigenvalue weighted by atomic mass is 32.2. The van der Waals surface area contributed by atoms with Crippen molar-refractivity contribution >= 4 is 9.84 Å². The lowest BCUT2D eigenvalue weighted by Crippen LogP contribution is -2.27. The Morgan fingerprint density at radius 2 is 1.93 bits per heavy atom. The molecule has 2 aliphatic carbocycles. The van der Waals surface area contributed by atoms with Crippen LogP contribution in [0, 0.1) is 17.8 Å². The predicted octanol–water partition coefficient (Wildman–Crippen LogP) is 4.29. The van der Waals surface area contributed by atoms with Gasteiger partial charge in [-0.1, -0.05) is 62.3 Å². The second-order valence-corrected chi connectivity index (χ2v) is 11.2. The molecule has 3 rings (SSSR count). The molecule has 2 aliphatic rings. The maximum Gasteiger partial charge on any atom is 0.185 e. The van der Waals surface area contributed by atoms with E-state index in [1.165, 1.54) is 0 Å². The van der Waals surface area contributed by atoms with Gasteiger partial charge in [0.2, 0.25) is 0 Å². The van der Waals surface area contributed by atoms with Crippen LogP contribution in [0.25, 0.3) is 0 Å². The minimum absolute atomic E-state index is 0.0813. The maximum atomic E-state index is 13.3. The van der Waals surface area contributed by atoms with E-state index in [4.69, 9.17) is 0 Å². The Hall–Kier alpha value is -1.43. The Morgan fingerprint density at radius 1 is 1.24 bits per heavy atom. The number of rotatable bonds is 8. The Balaban J connectivity index is 1.75. The van der Waals surface area contributed by atoms with Crippen molar-refractivity contribution in [3.05, 3.63) is 54.6 Å². The third kappa shape index (κ3) is 4.68. The molecule has 0 radical (unpaired) electrons. The fourth-order valence-electron chi connectivity index (χ4n) is 5.15. The molecule has 2 saturated carbocycles. The average Bonchev–Trinajstić information content (AvgIpc) is 3.14. The van der Waals surface area contributed by atoms with E-state index < -0.39 is 26.8 Å². The first-order valence-corrected chi connectivity index (χ1v) is 12.3. The van der Waals surface area contributed by atoms with Crippen molar-refractivity contribution in [2.45, 2.75) is 74.2 Å². The van der Waals surface area contributed by atoms with Crippen LogP contribution in [0.5, 0.6) is 0 Å². The molecule has 6 atom stereocenters. The van der Waals surface area contributed by atoms with Crippen LogP contribution in [0.3, 0.4) is 0 Å². The zero-order valence-electron chi connectivity index (χ0n) is 17.5. The van der Waals surface area contributed by atoms with Crippen LogP contribution >= 0.6 is 0 Å². The first kappa shape index (κ1) is 22.3. The van der Waals surface area contributed by atoms with Crippen molar-refractivity contribution in [2.75, 3.05) is 0 Å². The van der Waals surface area contributed by atoms with Gasteiger partial charge in [-0.2, -0.15) is 0 Å². The monoisotopic (exact) mass is 418 g/mol. The molecular weight excluding hydrogens is 384 g/mol. The van der Waals surface area contributed by atoms with Gasteiger partial charge in [-0.3, -0.25) is 0 Å². The van der Waals surface area contributed by atoms with Crippen molar-refractivity contribution in [3.63, 3.8) is 0 Å². The summed E-state index contributed by atoms with van der Waals surface area (Å²) in [6.45, 7) is 8.05. The van der Waals surface area contributed by atoms with Gasteiger partial charge >= 0.3 is 0 Å². The molecule has 2 N–H and O–H groups in total. The summed E-state index contributed by atoms with van der Waals surface area (Å²) in [5.41, 5.74) is 0.0117. The van der Waals surface area contributed by atoms with Crippen LogP contribution < -0.4 is 0 Å². The number of fused-ring (bicyclic) bond motifs is 1. The summed E-state index contributed by atoms with van der Waals surface area (Å²) in [5.74, 6) is -0.120. The molecule has 29 heavy (non-hydrogen) atoms. The molecule has 0 amide bonds. The van der Waals surface area contributed by atoms with Gasteiger partial charge in [-0.15, -0.1) is 0 Å². The highest BCUT2D eigenvalue weighted by Crippen LogP contribution is 2.53. The lowest BCUT2D eigenvalue weighted by atomic mass is 9.89. The molecule has 1 unspecified atom stereocenters. The average molecular weight is 419 g/mol. The van der Waals surface area contributed by atoms with Gasteiger partial charge in [-0.25, -0.2) is 8.42 Å². The number of benzene rings is 1. The molecule has 1 aromatic rings. The maximum absolute atomic E-state index is 13.3. The molecule has 0 aromatic heterocycles. The first-order valence-electron chi connectivity index (χ1n) is 10.7. The lowest BCUT2D eigenvalue weighted by Gasteiger charge is -2.22. The smallest absolute Gasteiger partial charge is 0.185 e. The highest BCUT2D eigenvalue weighted by molar-refractivity contribution is 7.92. The van der Waals surface area contributed by atoms with Gasteiger partial charge in [0.05, 0.1) is 21.9 Å². The predicted molar refractivity (Wildman–Crippen MR) is 116 cm³/mol. The molecular formula is C24H34O4S. The number of unbranched alkanes of at least 4 members (excludes halogenated alkanes) is 1. The normalized spacial score (nSPS) is 31.9. The van der Waals surface area contributed by atoms with E-state index in [1.54, 1.807) is 30.3 Å². The molecule has 0 bridgehead atoms. The lowest BCUT2D eigenvalue weighted by molar-refractivity contribution is 0.0513. The highest BCUT2D eigenvalue weighted by Gasteiger charge is 2.54. The number of aliphatic hydroxyl groups is 2. The van der Waals surface area contributed by atoms with Gasteiger partial charge in [0.25, 0.3) is 0 Å². The van der Waals surface area contributed by atoms with E-state index >= 15 is 0 Å². The number of aliphatic hydroxyl groups excluding tert-OH is 1. The largest absolute Gasteiger partial charge is 0.392 e. The zero-order chi connectivity index (χ0) is 21.2. The van der Waals surface area contributed by atoms with Crippen LogP contribution in [-0.2, 0) is 9.84 Å². The van der Waals surface area contributed by atoms with Gasteiger partial charge in [-0.05, 0) is 56.6 Å². The van der Waals surface area contributed by atoms with Gasteiger partial charge in [0.1, 0.15) is 0 Å². The standard InChI is InChI=1S/C24H34O4S/c1-4-5-13-24(3,26)14-9-12-19-20-15-17(2)23(21(20)16-22(19)25)29(27,28)18-10-7-6-8-11-18/h6-12,19-23,25-26H,2,4-5,13-16H2,1,3H3/b12-9+/t19-,20-,21-,22+,23?,24+/m0/s1. The summed E-state index contributed by atoms with van der Waals surface area (Å²) in [4.78, 5) is 0.326. The van der Waals surface area contributed by atoms with Gasteiger partial charge in [0, 0.05) is 5.92 Å². The first-order chi connectivity index (χ1) is 13.7. The quantitative estimate of drug-likeness (QED) is 0.618. The Bertz CT molecular complexity index is 841. The van der Waals surface area contributed by atoms with Crippen molar-refractivity contribution in [1.29, 1.82) is 0 Å². The second-order valence-electron chi connectivity index (χ2n) is 9.08. The molecule has 0 aliphatic heterocycles. The Kier molecular flexibility index (Phi) is 6.71. The van der Waals surface area contributed by atoms with E-state index in [1.807, 2.05) is 19.1 Å². The summed E-state index contributed by atoms with van der Waals surface area (Å²) in [6, 6.07) is 8.55. The second kappa shape index (κ2) is 8.75. The summed E-state index contributed by atoms with van der Waals surface area (Å²) in [5, 5.41) is 20.5. The van der Waals surface area contributed by atoms with E-state index in [0.717, 1.165) is 24.8 Å². The van der Waals surface area contributed by atoms with Crippen LogP contribution in [0.2, 0.25) is 0 Å². The van der Waals surface area contributed by atoms with E-state index in [2.05, 4.69) is 13.5 Å². The zero-order valence-corrected chi connectivity index (χ0v) is 18.3. The van der Waals surface area contributed by atoms with Crippen LogP contribution in [0.4, 0.5) is 0 Å². The van der Waals surface area contributed by atoms with Crippen LogP contribution in [0.15, 0.2) is 59.5 Å². The van der Waals surface area contributed by atoms with Crippen LogP contribution in [-0.4, -0.2) is 35.6 Å². The fourth-order valence-corrected chi connectivity index (χ4v) is 7.29. The number of sulfone groups is 1. The summed E-state index contributed by atoms with van der Waals surface area (Å²) >= 11 is 0. The molecule has 0 spiro atoms. The summed E-state index contributed by atoms with van der Waals surface area (Å²) < 4.78 is 26.5. The molecule has 0 saturated heterocycles. The van der Waals surface area contributed by atoms with Crippen molar-refractivity contribution in [3.8, 4) is 0 Å². The van der Waals surface area contributed by atoms with Gasteiger partial charge < -0.3 is 10.2 Å². The summed E-state index contributed by atoms with van der Waals surface area (Å²) in [7, 11) is -3.52. The SMILES string of the molecule is C=C1C[C@H]2[C@H](/C=C/C[C@](C)(O)CCCC)[C@H](O)C[C@@H]2C1S(=O)(=O)c1ccccc1. The van der Waals surface area contributed by atoms with Gasteiger partial charge in [0.15, 0.2) is 9.84 Å². The minimum Gasteiger partial charge on any atom is -0.392 e. The van der Waals surface area contributed by atoms with Crippen molar-refractivity contribution < 1.29 is 18.6 Å². The molecule has 1 aromatic carbocycles. The van der Waals surface area contributed by atoms with Crippen molar-refractivity contribution in [2.24, 2.45) is 17.8 Å². The van der Waals surface area contributed by atoms with E-state index in [-0.39, 0.29) is 17.8 Å². The fraction of sp³-hybridized carbons (Fsp3) is 0.583. The van der Waals surface area contributed by atoms with E-state index in [0.29, 0.717) is 24.2 Å². The number of hydrogen-bond acceptors (Lipinski definition) is 4. The third-order valence-corrected chi connectivity index (χ3v) is 8.96. The Morgan fingerprint density at radius 3 is 2.59 bits per heavy atom.